The van der Waals surface area contributed by atoms with E-state index in [9.17, 15) is 0 Å². The van der Waals surface area contributed by atoms with Crippen molar-refractivity contribution in [1.29, 1.82) is 0 Å². The van der Waals surface area contributed by atoms with E-state index in [1.807, 2.05) is 23.9 Å². The number of nitrogens with one attached hydrogen (secondary N) is 2. The minimum Gasteiger partial charge on any atom is -0.360 e. The van der Waals surface area contributed by atoms with Crippen LogP contribution in [0.1, 0.15) is 12.8 Å². The van der Waals surface area contributed by atoms with Gasteiger partial charge in [-0.1, -0.05) is 11.6 Å². The fraction of sp³-hybridized carbons (Fsp3) is 0.385. The number of rotatable bonds is 2. The Balaban J connectivity index is 0.00000120. The van der Waals surface area contributed by atoms with Gasteiger partial charge in [0.1, 0.15) is 0 Å². The van der Waals surface area contributed by atoms with E-state index in [0.29, 0.717) is 0 Å². The van der Waals surface area contributed by atoms with Crippen molar-refractivity contribution < 1.29 is 0 Å². The van der Waals surface area contributed by atoms with E-state index in [1.165, 1.54) is 28.6 Å². The molecule has 0 saturated carbocycles. The molecule has 2 nitrogen and oxygen atoms in total. The molecule has 18 heavy (non-hydrogen) atoms. The molecule has 5 heteroatoms. The second-order valence-corrected chi connectivity index (χ2v) is 6.19. The van der Waals surface area contributed by atoms with Gasteiger partial charge in [-0.3, -0.25) is 0 Å². The highest BCUT2D eigenvalue weighted by molar-refractivity contribution is 8.00. The minimum absolute atomic E-state index is 0. The molecule has 2 aromatic rings. The Labute approximate surface area is 122 Å². The van der Waals surface area contributed by atoms with Crippen LogP contribution < -0.4 is 5.32 Å². The Morgan fingerprint density at radius 1 is 1.22 bits per heavy atom. The molecule has 98 valence electrons. The first-order chi connectivity index (χ1) is 8.33. The lowest BCUT2D eigenvalue weighted by molar-refractivity contribution is 0.531. The number of benzene rings is 1. The average molecular weight is 303 g/mol. The summed E-state index contributed by atoms with van der Waals surface area (Å²) in [5.41, 5.74) is 1.17. The smallest absolute Gasteiger partial charge is 0.0466 e. The van der Waals surface area contributed by atoms with Crippen molar-refractivity contribution in [2.45, 2.75) is 23.0 Å². The van der Waals surface area contributed by atoms with Gasteiger partial charge in [0.15, 0.2) is 0 Å². The van der Waals surface area contributed by atoms with Crippen LogP contribution >= 0.6 is 35.8 Å². The zero-order valence-corrected chi connectivity index (χ0v) is 12.3. The zero-order chi connectivity index (χ0) is 11.7. The molecule has 0 radical (unpaired) electrons. The second kappa shape index (κ2) is 6.20. The summed E-state index contributed by atoms with van der Waals surface area (Å²) in [6.07, 6.45) is 4.60. The molecule has 1 saturated heterocycles. The predicted molar refractivity (Wildman–Crippen MR) is 82.3 cm³/mol. The summed E-state index contributed by atoms with van der Waals surface area (Å²) in [6.45, 7) is 2.28. The average Bonchev–Trinajstić information content (AvgIpc) is 2.73. The van der Waals surface area contributed by atoms with Crippen molar-refractivity contribution in [2.75, 3.05) is 13.1 Å². The zero-order valence-electron chi connectivity index (χ0n) is 9.91. The van der Waals surface area contributed by atoms with Crippen molar-refractivity contribution >= 4 is 46.7 Å². The molecule has 0 unspecified atom stereocenters. The van der Waals surface area contributed by atoms with Gasteiger partial charge in [-0.2, -0.15) is 0 Å². The third-order valence-corrected chi connectivity index (χ3v) is 4.82. The summed E-state index contributed by atoms with van der Waals surface area (Å²) in [5.74, 6) is 0. The number of piperidine rings is 1. The largest absolute Gasteiger partial charge is 0.360 e. The molecule has 3 rings (SSSR count). The number of thioether (sulfide) groups is 1. The maximum atomic E-state index is 6.06. The van der Waals surface area contributed by atoms with Gasteiger partial charge in [-0.05, 0) is 44.1 Å². The first-order valence-electron chi connectivity index (χ1n) is 5.97. The molecule has 0 aliphatic carbocycles. The molecule has 0 amide bonds. The van der Waals surface area contributed by atoms with Gasteiger partial charge in [-0.25, -0.2) is 0 Å². The summed E-state index contributed by atoms with van der Waals surface area (Å²) < 4.78 is 0. The minimum atomic E-state index is 0. The quantitative estimate of drug-likeness (QED) is 0.874. The second-order valence-electron chi connectivity index (χ2n) is 4.41. The lowest BCUT2D eigenvalue weighted by Crippen LogP contribution is -2.29. The molecule has 0 spiro atoms. The van der Waals surface area contributed by atoms with Gasteiger partial charge in [0.05, 0.1) is 0 Å². The summed E-state index contributed by atoms with van der Waals surface area (Å²) in [4.78, 5) is 4.64. The van der Waals surface area contributed by atoms with Crippen molar-refractivity contribution in [2.24, 2.45) is 0 Å². The van der Waals surface area contributed by atoms with Gasteiger partial charge < -0.3 is 10.3 Å². The standard InChI is InChI=1S/C13H15ClN2S.ClH/c14-9-1-2-12-11(7-9)13(8-16-12)17-10-3-5-15-6-4-10;/h1-2,7-8,10,15-16H,3-6H2;1H. The number of hydrogen-bond donors (Lipinski definition) is 2. The molecule has 1 aliphatic heterocycles. The van der Waals surface area contributed by atoms with E-state index >= 15 is 0 Å². The fourth-order valence-corrected chi connectivity index (χ4v) is 3.68. The molecule has 0 bridgehead atoms. The Kier molecular flexibility index (Phi) is 4.84. The Morgan fingerprint density at radius 2 is 2.00 bits per heavy atom. The first-order valence-corrected chi connectivity index (χ1v) is 7.23. The Hall–Kier alpha value is -0.350. The normalized spacial score (nSPS) is 16.7. The van der Waals surface area contributed by atoms with Crippen LogP contribution in [0.15, 0.2) is 29.3 Å². The molecular weight excluding hydrogens is 287 g/mol. The highest BCUT2D eigenvalue weighted by atomic mass is 35.5. The lowest BCUT2D eigenvalue weighted by atomic mass is 10.2. The number of hydrogen-bond acceptors (Lipinski definition) is 2. The molecule has 0 atom stereocenters. The SMILES string of the molecule is Cl.Clc1ccc2[nH]cc(SC3CCNCC3)c2c1. The van der Waals surface area contributed by atoms with Crippen LogP contribution in [0.4, 0.5) is 0 Å². The summed E-state index contributed by atoms with van der Waals surface area (Å²) in [6, 6.07) is 6.03. The van der Waals surface area contributed by atoms with Crippen molar-refractivity contribution in [3.63, 3.8) is 0 Å². The van der Waals surface area contributed by atoms with E-state index in [1.54, 1.807) is 0 Å². The first kappa shape index (κ1) is 14.1. The third kappa shape index (κ3) is 2.97. The van der Waals surface area contributed by atoms with Crippen LogP contribution in [0.5, 0.6) is 0 Å². The topological polar surface area (TPSA) is 27.8 Å². The van der Waals surface area contributed by atoms with E-state index in [0.717, 1.165) is 23.4 Å². The van der Waals surface area contributed by atoms with Gasteiger partial charge in [-0.15, -0.1) is 24.2 Å². The van der Waals surface area contributed by atoms with Crippen molar-refractivity contribution in [3.05, 3.63) is 29.4 Å². The summed E-state index contributed by atoms with van der Waals surface area (Å²) in [7, 11) is 0. The number of H-pyrrole nitrogens is 1. The van der Waals surface area contributed by atoms with Gasteiger partial charge >= 0.3 is 0 Å². The van der Waals surface area contributed by atoms with Crippen LogP contribution in [-0.4, -0.2) is 23.3 Å². The van der Waals surface area contributed by atoms with E-state index in [4.69, 9.17) is 11.6 Å². The number of fused-ring (bicyclic) bond motifs is 1. The van der Waals surface area contributed by atoms with Crippen molar-refractivity contribution in [1.82, 2.24) is 10.3 Å². The molecule has 2 heterocycles. The Bertz CT molecular complexity index is 521. The van der Waals surface area contributed by atoms with E-state index < -0.39 is 0 Å². The maximum absolute atomic E-state index is 6.06. The van der Waals surface area contributed by atoms with Crippen LogP contribution in [-0.2, 0) is 0 Å². The summed E-state index contributed by atoms with van der Waals surface area (Å²) in [5, 5.41) is 6.19. The summed E-state index contributed by atoms with van der Waals surface area (Å²) >= 11 is 8.04. The van der Waals surface area contributed by atoms with Gasteiger partial charge in [0.2, 0.25) is 0 Å². The number of halogens is 2. The molecule has 1 fully saturated rings. The third-order valence-electron chi connectivity index (χ3n) is 3.19. The number of aromatic amines is 1. The van der Waals surface area contributed by atoms with Crippen LogP contribution in [0.25, 0.3) is 10.9 Å². The maximum Gasteiger partial charge on any atom is 0.0466 e. The van der Waals surface area contributed by atoms with Crippen LogP contribution in [0.3, 0.4) is 0 Å². The predicted octanol–water partition coefficient (Wildman–Crippen LogP) is 4.09. The molecule has 1 aliphatic rings. The van der Waals surface area contributed by atoms with E-state index in [2.05, 4.69) is 22.6 Å². The van der Waals surface area contributed by atoms with Gasteiger partial charge in [0.25, 0.3) is 0 Å². The van der Waals surface area contributed by atoms with Crippen molar-refractivity contribution in [3.8, 4) is 0 Å². The van der Waals surface area contributed by atoms with Crippen LogP contribution in [0, 0.1) is 0 Å². The number of aromatic nitrogens is 1. The molecule has 2 N–H and O–H groups in total. The Morgan fingerprint density at radius 3 is 2.78 bits per heavy atom. The fourth-order valence-electron chi connectivity index (χ4n) is 2.26. The molecular formula is C13H16Cl2N2S. The highest BCUT2D eigenvalue weighted by Gasteiger charge is 2.16. The highest BCUT2D eigenvalue weighted by Crippen LogP contribution is 2.35. The van der Waals surface area contributed by atoms with Gasteiger partial charge in [0, 0.05) is 32.3 Å². The van der Waals surface area contributed by atoms with Crippen LogP contribution in [0.2, 0.25) is 5.02 Å². The molecule has 1 aromatic carbocycles. The lowest BCUT2D eigenvalue weighted by Gasteiger charge is -2.21. The molecule has 1 aromatic heterocycles. The van der Waals surface area contributed by atoms with E-state index in [-0.39, 0.29) is 12.4 Å². The monoisotopic (exact) mass is 302 g/mol.